The lowest BCUT2D eigenvalue weighted by atomic mass is 10.1. The second-order valence-electron chi connectivity index (χ2n) is 8.26. The summed E-state index contributed by atoms with van der Waals surface area (Å²) in [5.74, 6) is 1.09. The zero-order valence-corrected chi connectivity index (χ0v) is 19.8. The van der Waals surface area contributed by atoms with Crippen LogP contribution in [0.5, 0.6) is 5.75 Å². The van der Waals surface area contributed by atoms with Crippen molar-refractivity contribution in [1.82, 2.24) is 9.97 Å². The maximum Gasteiger partial charge on any atom is 0.371 e. The van der Waals surface area contributed by atoms with Crippen molar-refractivity contribution in [2.45, 2.75) is 13.3 Å². The molecule has 3 aromatic heterocycles. The van der Waals surface area contributed by atoms with Crippen molar-refractivity contribution < 1.29 is 23.8 Å². The number of nitrogens with zero attached hydrogens (tertiary/aromatic N) is 4. The summed E-state index contributed by atoms with van der Waals surface area (Å²) in [6.45, 7) is 3.02. The van der Waals surface area contributed by atoms with E-state index in [9.17, 15) is 9.59 Å². The van der Waals surface area contributed by atoms with Crippen LogP contribution in [0.15, 0.2) is 71.4 Å². The van der Waals surface area contributed by atoms with Crippen molar-refractivity contribution in [3.05, 3.63) is 83.9 Å². The van der Waals surface area contributed by atoms with E-state index in [1.54, 1.807) is 42.5 Å². The predicted molar refractivity (Wildman–Crippen MR) is 134 cm³/mol. The molecule has 1 amide bonds. The predicted octanol–water partition coefficient (Wildman–Crippen LogP) is 4.80. The molecular weight excluding hydrogens is 460 g/mol. The van der Waals surface area contributed by atoms with E-state index in [1.165, 1.54) is 6.07 Å². The fraction of sp³-hybridized carbons (Fsp3) is 0.185. The number of pyridine rings is 2. The highest BCUT2D eigenvalue weighted by molar-refractivity contribution is 6.12. The van der Waals surface area contributed by atoms with Crippen molar-refractivity contribution in [3.63, 3.8) is 0 Å². The van der Waals surface area contributed by atoms with Gasteiger partial charge in [-0.1, -0.05) is 0 Å². The fourth-order valence-corrected chi connectivity index (χ4v) is 4.17. The highest BCUT2D eigenvalue weighted by Crippen LogP contribution is 2.37. The molecule has 0 atom stereocenters. The first kappa shape index (κ1) is 23.1. The highest BCUT2D eigenvalue weighted by atomic mass is 16.5. The van der Waals surface area contributed by atoms with Gasteiger partial charge in [-0.25, -0.2) is 14.8 Å². The number of amides is 1. The number of hydrogen-bond acceptors (Lipinski definition) is 7. The maximum atomic E-state index is 13.3. The van der Waals surface area contributed by atoms with Gasteiger partial charge in [0.25, 0.3) is 5.91 Å². The van der Waals surface area contributed by atoms with Gasteiger partial charge >= 0.3 is 5.97 Å². The fourth-order valence-electron chi connectivity index (χ4n) is 4.17. The lowest BCUT2D eigenvalue weighted by molar-refractivity contribution is 0.0663. The van der Waals surface area contributed by atoms with Gasteiger partial charge in [-0.3, -0.25) is 4.79 Å². The molecule has 1 aromatic carbocycles. The van der Waals surface area contributed by atoms with E-state index in [4.69, 9.17) is 14.3 Å². The van der Waals surface area contributed by atoms with E-state index in [-0.39, 0.29) is 11.7 Å². The second kappa shape index (κ2) is 9.53. The monoisotopic (exact) mass is 484 g/mol. The maximum absolute atomic E-state index is 13.3. The molecule has 0 fully saturated rings. The summed E-state index contributed by atoms with van der Waals surface area (Å²) in [4.78, 5) is 36.9. The van der Waals surface area contributed by atoms with Crippen LogP contribution in [0.1, 0.15) is 33.4 Å². The number of rotatable bonds is 7. The minimum atomic E-state index is -1.11. The van der Waals surface area contributed by atoms with E-state index < -0.39 is 5.97 Å². The normalized spacial score (nSPS) is 12.7. The molecule has 4 aromatic rings. The third-order valence-corrected chi connectivity index (χ3v) is 6.03. The van der Waals surface area contributed by atoms with Crippen molar-refractivity contribution in [2.24, 2.45) is 0 Å². The van der Waals surface area contributed by atoms with Crippen molar-refractivity contribution >= 4 is 29.2 Å². The van der Waals surface area contributed by atoms with E-state index in [0.717, 1.165) is 16.8 Å². The molecule has 182 valence electrons. The Hall–Kier alpha value is -4.66. The van der Waals surface area contributed by atoms with Gasteiger partial charge in [0.1, 0.15) is 17.3 Å². The minimum Gasteiger partial charge on any atom is -0.493 e. The number of benzene rings is 1. The van der Waals surface area contributed by atoms with Crippen LogP contribution in [0.4, 0.5) is 17.3 Å². The van der Waals surface area contributed by atoms with Crippen LogP contribution in [-0.2, 0) is 6.42 Å². The minimum absolute atomic E-state index is 0.105. The summed E-state index contributed by atoms with van der Waals surface area (Å²) in [6, 6.07) is 15.8. The molecule has 5 rings (SSSR count). The number of carbonyl (C=O) groups is 2. The Morgan fingerprint density at radius 1 is 1.08 bits per heavy atom. The van der Waals surface area contributed by atoms with Crippen LogP contribution in [0.25, 0.3) is 11.3 Å². The molecule has 0 aliphatic carbocycles. The molecule has 1 aliphatic rings. The molecular formula is C27H24N4O5. The molecule has 0 radical (unpaired) electrons. The molecule has 9 nitrogen and oxygen atoms in total. The quantitative estimate of drug-likeness (QED) is 0.398. The average Bonchev–Trinajstić information content (AvgIpc) is 3.38. The first-order chi connectivity index (χ1) is 17.5. The molecule has 0 unspecified atom stereocenters. The molecule has 9 heteroatoms. The zero-order chi connectivity index (χ0) is 25.2. The summed E-state index contributed by atoms with van der Waals surface area (Å²) in [5, 5.41) is 9.01. The summed E-state index contributed by atoms with van der Waals surface area (Å²) < 4.78 is 11.2. The van der Waals surface area contributed by atoms with Crippen molar-refractivity contribution in [2.75, 3.05) is 30.0 Å². The Morgan fingerprint density at radius 2 is 1.89 bits per heavy atom. The van der Waals surface area contributed by atoms with Crippen molar-refractivity contribution in [3.8, 4) is 17.1 Å². The summed E-state index contributed by atoms with van der Waals surface area (Å²) >= 11 is 0. The number of carboxylic acid groups (broad SMARTS) is 1. The van der Waals surface area contributed by atoms with Crippen LogP contribution in [0.2, 0.25) is 0 Å². The van der Waals surface area contributed by atoms with Crippen molar-refractivity contribution in [1.29, 1.82) is 0 Å². The van der Waals surface area contributed by atoms with Gasteiger partial charge in [0.05, 0.1) is 17.9 Å². The van der Waals surface area contributed by atoms with E-state index in [2.05, 4.69) is 9.97 Å². The number of anilines is 3. The van der Waals surface area contributed by atoms with Crippen LogP contribution in [-0.4, -0.2) is 47.2 Å². The number of fused-ring (bicyclic) bond motifs is 2. The Morgan fingerprint density at radius 3 is 2.61 bits per heavy atom. The highest BCUT2D eigenvalue weighted by Gasteiger charge is 2.30. The lowest BCUT2D eigenvalue weighted by Gasteiger charge is -2.22. The molecule has 0 bridgehead atoms. The van der Waals surface area contributed by atoms with Crippen LogP contribution in [0, 0.1) is 0 Å². The Bertz CT molecular complexity index is 1430. The third-order valence-electron chi connectivity index (χ3n) is 6.03. The van der Waals surface area contributed by atoms with E-state index >= 15 is 0 Å². The van der Waals surface area contributed by atoms with Gasteiger partial charge in [0.15, 0.2) is 5.82 Å². The number of carbonyl (C=O) groups excluding carboxylic acids is 1. The SMILES string of the molecule is CCN1c2ncc(CCOc3ccc(-c4ccc(C(=O)O)o4)cc3)cc2C(=O)N(C)c2cccnc21. The van der Waals surface area contributed by atoms with Gasteiger partial charge in [-0.05, 0) is 67.1 Å². The average molecular weight is 485 g/mol. The van der Waals surface area contributed by atoms with E-state index in [0.29, 0.717) is 48.3 Å². The summed E-state index contributed by atoms with van der Waals surface area (Å²) in [6.07, 6.45) is 4.05. The number of aromatic carboxylic acids is 1. The van der Waals surface area contributed by atoms with Crippen LogP contribution >= 0.6 is 0 Å². The standard InChI is InChI=1S/C27H24N4O5/c1-3-31-24-20(26(32)30(2)21-5-4-13-28-25(21)31)15-17(16-29-24)12-14-35-19-8-6-18(7-9-19)22-10-11-23(36-22)27(33)34/h4-11,13,15-16H,3,12,14H2,1-2H3,(H,33,34). The summed E-state index contributed by atoms with van der Waals surface area (Å²) in [5.41, 5.74) is 2.91. The molecule has 0 saturated carbocycles. The number of furan rings is 1. The Balaban J connectivity index is 1.28. The Labute approximate surface area is 207 Å². The van der Waals surface area contributed by atoms with Crippen LogP contribution < -0.4 is 14.5 Å². The number of aromatic nitrogens is 2. The van der Waals surface area contributed by atoms with Crippen LogP contribution in [0.3, 0.4) is 0 Å². The van der Waals surface area contributed by atoms with Gasteiger partial charge in [0.2, 0.25) is 5.76 Å². The molecule has 36 heavy (non-hydrogen) atoms. The lowest BCUT2D eigenvalue weighted by Crippen LogP contribution is -2.25. The van der Waals surface area contributed by atoms with Gasteiger partial charge in [-0.2, -0.15) is 0 Å². The zero-order valence-electron chi connectivity index (χ0n) is 19.8. The molecule has 0 saturated heterocycles. The van der Waals surface area contributed by atoms with Gasteiger partial charge in [-0.15, -0.1) is 0 Å². The summed E-state index contributed by atoms with van der Waals surface area (Å²) in [7, 11) is 1.75. The molecule has 1 N–H and O–H groups in total. The molecule has 4 heterocycles. The number of hydrogen-bond donors (Lipinski definition) is 1. The first-order valence-electron chi connectivity index (χ1n) is 11.5. The van der Waals surface area contributed by atoms with Gasteiger partial charge < -0.3 is 24.1 Å². The first-order valence-corrected chi connectivity index (χ1v) is 11.5. The number of carboxylic acids is 1. The Kier molecular flexibility index (Phi) is 6.12. The van der Waals surface area contributed by atoms with Gasteiger partial charge in [0, 0.05) is 38.0 Å². The third kappa shape index (κ3) is 4.26. The largest absolute Gasteiger partial charge is 0.493 e. The second-order valence-corrected chi connectivity index (χ2v) is 8.26. The number of ether oxygens (including phenoxy) is 1. The molecule has 1 aliphatic heterocycles. The van der Waals surface area contributed by atoms with E-state index in [1.807, 2.05) is 42.2 Å². The topological polar surface area (TPSA) is 109 Å². The smallest absolute Gasteiger partial charge is 0.371 e. The molecule has 0 spiro atoms.